The van der Waals surface area contributed by atoms with Crippen LogP contribution in [0.5, 0.6) is 0 Å². The molecule has 0 spiro atoms. The summed E-state index contributed by atoms with van der Waals surface area (Å²) in [4.78, 5) is 26.0. The SMILES string of the molecule is CC.CCNc1ccc(COC(=O)N(C)CCN(C)C(C)=O)cc1.[HH]. The first-order valence-electron chi connectivity index (χ1n) is 8.36. The second-order valence-corrected chi connectivity index (χ2v) is 5.14. The van der Waals surface area contributed by atoms with Crippen molar-refractivity contribution < 1.29 is 15.8 Å². The van der Waals surface area contributed by atoms with Crippen LogP contribution in [0.4, 0.5) is 10.5 Å². The molecule has 0 saturated carbocycles. The Bertz CT molecular complexity index is 495. The van der Waals surface area contributed by atoms with Crippen LogP contribution in [0.15, 0.2) is 24.3 Å². The van der Waals surface area contributed by atoms with Crippen LogP contribution < -0.4 is 5.32 Å². The molecule has 6 nitrogen and oxygen atoms in total. The highest BCUT2D eigenvalue weighted by molar-refractivity contribution is 5.73. The summed E-state index contributed by atoms with van der Waals surface area (Å²) < 4.78 is 5.25. The molecule has 0 fully saturated rings. The number of nitrogens with zero attached hydrogens (tertiary/aromatic N) is 2. The van der Waals surface area contributed by atoms with Gasteiger partial charge in [-0.1, -0.05) is 26.0 Å². The lowest BCUT2D eigenvalue weighted by Gasteiger charge is -2.21. The van der Waals surface area contributed by atoms with E-state index in [2.05, 4.69) is 5.32 Å². The van der Waals surface area contributed by atoms with Crippen molar-refractivity contribution in [2.75, 3.05) is 39.0 Å². The van der Waals surface area contributed by atoms with E-state index >= 15 is 0 Å². The van der Waals surface area contributed by atoms with E-state index in [-0.39, 0.29) is 13.9 Å². The molecule has 0 atom stereocenters. The largest absolute Gasteiger partial charge is 0.445 e. The zero-order valence-electron chi connectivity index (χ0n) is 15.8. The minimum Gasteiger partial charge on any atom is -0.445 e. The van der Waals surface area contributed by atoms with E-state index < -0.39 is 6.09 Å². The molecule has 24 heavy (non-hydrogen) atoms. The van der Waals surface area contributed by atoms with Crippen LogP contribution in [0.2, 0.25) is 0 Å². The van der Waals surface area contributed by atoms with Gasteiger partial charge in [-0.3, -0.25) is 4.79 Å². The topological polar surface area (TPSA) is 61.9 Å². The summed E-state index contributed by atoms with van der Waals surface area (Å²) in [5.41, 5.74) is 1.98. The van der Waals surface area contributed by atoms with Crippen molar-refractivity contribution in [2.45, 2.75) is 34.3 Å². The third-order valence-corrected chi connectivity index (χ3v) is 3.32. The first-order valence-corrected chi connectivity index (χ1v) is 8.36. The Morgan fingerprint density at radius 3 is 2.12 bits per heavy atom. The van der Waals surface area contributed by atoms with Gasteiger partial charge in [-0.2, -0.15) is 0 Å². The van der Waals surface area contributed by atoms with Crippen LogP contribution in [-0.2, 0) is 16.1 Å². The molecule has 1 N–H and O–H groups in total. The fraction of sp³-hybridized carbons (Fsp3) is 0.556. The van der Waals surface area contributed by atoms with E-state index in [1.54, 1.807) is 19.0 Å². The smallest absolute Gasteiger partial charge is 0.409 e. The second-order valence-electron chi connectivity index (χ2n) is 5.14. The van der Waals surface area contributed by atoms with Gasteiger partial charge in [-0.05, 0) is 24.6 Å². The van der Waals surface area contributed by atoms with Gasteiger partial charge in [0.15, 0.2) is 0 Å². The van der Waals surface area contributed by atoms with E-state index in [0.717, 1.165) is 17.8 Å². The first kappa shape index (κ1) is 21.8. The molecule has 0 bridgehead atoms. The number of anilines is 1. The van der Waals surface area contributed by atoms with Gasteiger partial charge in [0, 0.05) is 47.8 Å². The number of hydrogen-bond donors (Lipinski definition) is 1. The van der Waals surface area contributed by atoms with Crippen molar-refractivity contribution in [2.24, 2.45) is 0 Å². The third kappa shape index (κ3) is 8.41. The number of benzene rings is 1. The molecule has 1 aromatic carbocycles. The predicted molar refractivity (Wildman–Crippen MR) is 100 cm³/mol. The fourth-order valence-electron chi connectivity index (χ4n) is 1.73. The normalized spacial score (nSPS) is 9.42. The van der Waals surface area contributed by atoms with Gasteiger partial charge in [-0.25, -0.2) is 4.79 Å². The number of nitrogens with one attached hydrogen (secondary N) is 1. The van der Waals surface area contributed by atoms with Crippen molar-refractivity contribution in [3.8, 4) is 0 Å². The number of likely N-dealkylation sites (N-methyl/N-ethyl adjacent to an activating group) is 2. The monoisotopic (exact) mass is 339 g/mol. The van der Waals surface area contributed by atoms with E-state index in [0.29, 0.717) is 13.1 Å². The predicted octanol–water partition coefficient (Wildman–Crippen LogP) is 3.44. The quantitative estimate of drug-likeness (QED) is 0.826. The average molecular weight is 339 g/mol. The Balaban J connectivity index is 0. The number of hydrogen-bond acceptors (Lipinski definition) is 4. The maximum atomic E-state index is 11.9. The summed E-state index contributed by atoms with van der Waals surface area (Å²) in [5, 5.41) is 3.21. The maximum absolute atomic E-state index is 11.9. The van der Waals surface area contributed by atoms with Crippen LogP contribution in [-0.4, -0.2) is 55.5 Å². The number of amides is 2. The molecule has 2 amide bonds. The Hall–Kier alpha value is -2.24. The summed E-state index contributed by atoms with van der Waals surface area (Å²) in [6.07, 6.45) is -0.396. The molecule has 0 unspecified atom stereocenters. The minimum absolute atomic E-state index is 0. The zero-order chi connectivity index (χ0) is 18.5. The lowest BCUT2D eigenvalue weighted by atomic mass is 10.2. The highest BCUT2D eigenvalue weighted by Gasteiger charge is 2.11. The van der Waals surface area contributed by atoms with E-state index in [1.807, 2.05) is 45.0 Å². The van der Waals surface area contributed by atoms with Gasteiger partial charge in [0.1, 0.15) is 6.61 Å². The standard InChI is InChI=1S/C16H25N3O3.C2H6.H2/c1-5-17-15-8-6-14(7-9-15)12-22-16(21)19(4)11-10-18(3)13(2)20;1-2;/h6-9,17H,5,10-12H2,1-4H3;1-2H3;1H. The van der Waals surface area contributed by atoms with Crippen molar-refractivity contribution in [1.82, 2.24) is 9.80 Å². The van der Waals surface area contributed by atoms with Gasteiger partial charge in [0.05, 0.1) is 0 Å². The Morgan fingerprint density at radius 1 is 1.08 bits per heavy atom. The van der Waals surface area contributed by atoms with Gasteiger partial charge in [0.25, 0.3) is 0 Å². The average Bonchev–Trinajstić information content (AvgIpc) is 2.60. The zero-order valence-corrected chi connectivity index (χ0v) is 15.8. The lowest BCUT2D eigenvalue weighted by Crippen LogP contribution is -2.36. The molecule has 0 aliphatic heterocycles. The van der Waals surface area contributed by atoms with Gasteiger partial charge < -0.3 is 19.9 Å². The van der Waals surface area contributed by atoms with Gasteiger partial charge in [-0.15, -0.1) is 0 Å². The van der Waals surface area contributed by atoms with Crippen LogP contribution in [0.3, 0.4) is 0 Å². The Labute approximate surface area is 147 Å². The Morgan fingerprint density at radius 2 is 1.62 bits per heavy atom. The second kappa shape index (κ2) is 12.2. The van der Waals surface area contributed by atoms with Crippen LogP contribution >= 0.6 is 0 Å². The first-order chi connectivity index (χ1) is 11.4. The number of carbonyl (C=O) groups is 2. The summed E-state index contributed by atoms with van der Waals surface area (Å²) >= 11 is 0. The van der Waals surface area contributed by atoms with E-state index in [4.69, 9.17) is 4.74 Å². The third-order valence-electron chi connectivity index (χ3n) is 3.32. The van der Waals surface area contributed by atoms with Crippen molar-refractivity contribution in [3.63, 3.8) is 0 Å². The molecule has 0 saturated heterocycles. The van der Waals surface area contributed by atoms with E-state index in [1.165, 1.54) is 11.8 Å². The number of rotatable bonds is 7. The molecular formula is C18H33N3O3. The molecular weight excluding hydrogens is 306 g/mol. The molecule has 6 heteroatoms. The van der Waals surface area contributed by atoms with Crippen LogP contribution in [0.25, 0.3) is 0 Å². The summed E-state index contributed by atoms with van der Waals surface area (Å²) in [6, 6.07) is 7.76. The minimum atomic E-state index is -0.396. The molecule has 0 aliphatic carbocycles. The lowest BCUT2D eigenvalue weighted by molar-refractivity contribution is -0.127. The molecule has 0 radical (unpaired) electrons. The molecule has 1 aromatic rings. The van der Waals surface area contributed by atoms with Crippen LogP contribution in [0.1, 0.15) is 34.7 Å². The van der Waals surface area contributed by atoms with Crippen molar-refractivity contribution >= 4 is 17.7 Å². The summed E-state index contributed by atoms with van der Waals surface area (Å²) in [6.45, 7) is 9.56. The van der Waals surface area contributed by atoms with Crippen molar-refractivity contribution in [3.05, 3.63) is 29.8 Å². The summed E-state index contributed by atoms with van der Waals surface area (Å²) in [7, 11) is 3.36. The van der Waals surface area contributed by atoms with Crippen molar-refractivity contribution in [1.29, 1.82) is 0 Å². The summed E-state index contributed by atoms with van der Waals surface area (Å²) in [5.74, 6) is -0.0254. The maximum Gasteiger partial charge on any atom is 0.409 e. The molecule has 1 rings (SSSR count). The number of carbonyl (C=O) groups excluding carboxylic acids is 2. The van der Waals surface area contributed by atoms with E-state index in [9.17, 15) is 9.59 Å². The molecule has 0 heterocycles. The molecule has 138 valence electrons. The molecule has 0 aliphatic rings. The molecule has 0 aromatic heterocycles. The van der Waals surface area contributed by atoms with Gasteiger partial charge >= 0.3 is 6.09 Å². The highest BCUT2D eigenvalue weighted by Crippen LogP contribution is 2.10. The van der Waals surface area contributed by atoms with Gasteiger partial charge in [0.2, 0.25) is 5.91 Å². The fourth-order valence-corrected chi connectivity index (χ4v) is 1.73. The van der Waals surface area contributed by atoms with Crippen LogP contribution in [0, 0.1) is 0 Å². The highest BCUT2D eigenvalue weighted by atomic mass is 16.6. The number of ether oxygens (including phenoxy) is 1. The Kier molecular flexibility index (Phi) is 11.1.